The highest BCUT2D eigenvalue weighted by Crippen LogP contribution is 2.42. The third kappa shape index (κ3) is 6.01. The molecule has 2 fully saturated rings. The summed E-state index contributed by atoms with van der Waals surface area (Å²) in [5.41, 5.74) is 8.67. The van der Waals surface area contributed by atoms with Crippen LogP contribution in [-0.4, -0.2) is 67.9 Å². The maximum atomic E-state index is 12.6. The monoisotopic (exact) mass is 448 g/mol. The van der Waals surface area contributed by atoms with Gasteiger partial charge < -0.3 is 20.9 Å². The number of rotatable bonds is 9. The fourth-order valence-corrected chi connectivity index (χ4v) is 5.12. The minimum absolute atomic E-state index is 0.0506. The number of nitrogens with zero attached hydrogens (tertiary/aromatic N) is 2. The van der Waals surface area contributed by atoms with E-state index >= 15 is 0 Å². The first kappa shape index (κ1) is 23.5. The van der Waals surface area contributed by atoms with Crippen molar-refractivity contribution in [1.82, 2.24) is 15.1 Å². The van der Waals surface area contributed by atoms with Crippen LogP contribution in [0.2, 0.25) is 0 Å². The smallest absolute Gasteiger partial charge is 0.248 e. The van der Waals surface area contributed by atoms with Gasteiger partial charge in [-0.25, -0.2) is 0 Å². The lowest BCUT2D eigenvalue weighted by Crippen LogP contribution is -2.50. The van der Waals surface area contributed by atoms with Gasteiger partial charge in [-0.15, -0.1) is 0 Å². The van der Waals surface area contributed by atoms with Gasteiger partial charge in [0.1, 0.15) is 0 Å². The average Bonchev–Trinajstić information content (AvgIpc) is 3.58. The predicted octanol–water partition coefficient (Wildman–Crippen LogP) is 2.64. The van der Waals surface area contributed by atoms with Crippen molar-refractivity contribution in [2.24, 2.45) is 11.1 Å². The van der Waals surface area contributed by atoms with Crippen LogP contribution < -0.4 is 11.1 Å². The zero-order chi connectivity index (χ0) is 23.4. The number of piperidine rings is 1. The van der Waals surface area contributed by atoms with Gasteiger partial charge in [0.2, 0.25) is 11.8 Å². The van der Waals surface area contributed by atoms with Gasteiger partial charge in [0.25, 0.3) is 0 Å². The van der Waals surface area contributed by atoms with Crippen LogP contribution >= 0.6 is 0 Å². The second kappa shape index (κ2) is 10.1. The molecule has 2 aliphatic rings. The number of primary amides is 1. The molecule has 0 bridgehead atoms. The number of carbonyl (C=O) groups excluding carboxylic acids is 2. The Hall–Kier alpha value is -2.70. The standard InChI is InChI=1S/C27H36N4O2/c1-30(2)18-25(32)31-13-11-27(12-14-31,17-20-7-6-10-22(15-20)26(28)33)19-29-24-16-23(24)21-8-4-3-5-9-21/h3-10,15,23-24,29H,11-14,16-19H2,1-2H3,(H2,28,33)/t23-,24+/m0/s1. The summed E-state index contributed by atoms with van der Waals surface area (Å²) in [6, 6.07) is 18.9. The molecule has 1 aliphatic carbocycles. The summed E-state index contributed by atoms with van der Waals surface area (Å²) >= 11 is 0. The summed E-state index contributed by atoms with van der Waals surface area (Å²) in [7, 11) is 3.86. The molecular weight excluding hydrogens is 412 g/mol. The Morgan fingerprint density at radius 3 is 2.48 bits per heavy atom. The molecule has 2 amide bonds. The van der Waals surface area contributed by atoms with E-state index in [0.717, 1.165) is 44.5 Å². The minimum atomic E-state index is -0.392. The Bertz CT molecular complexity index is 967. The fraction of sp³-hybridized carbons (Fsp3) is 0.481. The molecule has 1 aliphatic heterocycles. The summed E-state index contributed by atoms with van der Waals surface area (Å²) < 4.78 is 0. The van der Waals surface area contributed by atoms with Crippen LogP contribution in [0.5, 0.6) is 0 Å². The van der Waals surface area contributed by atoms with Crippen molar-refractivity contribution in [3.8, 4) is 0 Å². The number of nitrogens with two attached hydrogens (primary N) is 1. The topological polar surface area (TPSA) is 78.7 Å². The summed E-state index contributed by atoms with van der Waals surface area (Å²) in [5, 5.41) is 3.85. The van der Waals surface area contributed by atoms with Crippen molar-refractivity contribution in [1.29, 1.82) is 0 Å². The van der Waals surface area contributed by atoms with E-state index in [1.54, 1.807) is 6.07 Å². The molecule has 0 unspecified atom stereocenters. The van der Waals surface area contributed by atoms with Crippen LogP contribution in [-0.2, 0) is 11.2 Å². The average molecular weight is 449 g/mol. The normalized spacial score (nSPS) is 21.7. The molecule has 33 heavy (non-hydrogen) atoms. The molecule has 0 spiro atoms. The van der Waals surface area contributed by atoms with Crippen molar-refractivity contribution in [3.63, 3.8) is 0 Å². The van der Waals surface area contributed by atoms with Crippen LogP contribution in [0.15, 0.2) is 54.6 Å². The number of benzene rings is 2. The van der Waals surface area contributed by atoms with Crippen molar-refractivity contribution in [3.05, 3.63) is 71.3 Å². The maximum Gasteiger partial charge on any atom is 0.248 e. The van der Waals surface area contributed by atoms with Gasteiger partial charge in [0.15, 0.2) is 0 Å². The van der Waals surface area contributed by atoms with Gasteiger partial charge in [-0.1, -0.05) is 42.5 Å². The Morgan fingerprint density at radius 1 is 1.09 bits per heavy atom. The summed E-state index contributed by atoms with van der Waals surface area (Å²) in [6.07, 6.45) is 3.94. The highest BCUT2D eigenvalue weighted by molar-refractivity contribution is 5.92. The largest absolute Gasteiger partial charge is 0.366 e. The van der Waals surface area contributed by atoms with Gasteiger partial charge in [-0.2, -0.15) is 0 Å². The summed E-state index contributed by atoms with van der Waals surface area (Å²) in [5.74, 6) is 0.392. The lowest BCUT2D eigenvalue weighted by molar-refractivity contribution is -0.134. The second-order valence-corrected chi connectivity index (χ2v) is 10.1. The molecule has 1 saturated heterocycles. The van der Waals surface area contributed by atoms with E-state index in [1.165, 1.54) is 12.0 Å². The summed E-state index contributed by atoms with van der Waals surface area (Å²) in [6.45, 7) is 2.91. The van der Waals surface area contributed by atoms with E-state index in [1.807, 2.05) is 36.0 Å². The Kier molecular flexibility index (Phi) is 7.15. The Morgan fingerprint density at radius 2 is 1.82 bits per heavy atom. The van der Waals surface area contributed by atoms with Crippen molar-refractivity contribution < 1.29 is 9.59 Å². The number of hydrogen-bond donors (Lipinski definition) is 2. The third-order valence-electron chi connectivity index (χ3n) is 7.18. The first-order valence-electron chi connectivity index (χ1n) is 11.9. The number of likely N-dealkylation sites (N-methyl/N-ethyl adjacent to an activating group) is 1. The number of carbonyl (C=O) groups is 2. The molecule has 0 radical (unpaired) electrons. The van der Waals surface area contributed by atoms with Gasteiger partial charge in [0.05, 0.1) is 6.54 Å². The van der Waals surface area contributed by atoms with E-state index in [2.05, 4.69) is 41.7 Å². The molecule has 176 valence electrons. The maximum absolute atomic E-state index is 12.6. The van der Waals surface area contributed by atoms with Gasteiger partial charge in [-0.3, -0.25) is 9.59 Å². The van der Waals surface area contributed by atoms with Gasteiger partial charge in [0, 0.05) is 37.2 Å². The molecule has 1 saturated carbocycles. The first-order chi connectivity index (χ1) is 15.8. The van der Waals surface area contributed by atoms with E-state index < -0.39 is 5.91 Å². The molecule has 6 heteroatoms. The number of likely N-dealkylation sites (tertiary alicyclic amines) is 1. The Balaban J connectivity index is 1.44. The molecular formula is C27H36N4O2. The van der Waals surface area contributed by atoms with E-state index in [4.69, 9.17) is 5.73 Å². The molecule has 0 aromatic heterocycles. The van der Waals surface area contributed by atoms with E-state index in [-0.39, 0.29) is 11.3 Å². The Labute approximate surface area is 197 Å². The highest BCUT2D eigenvalue weighted by atomic mass is 16.2. The number of hydrogen-bond acceptors (Lipinski definition) is 4. The van der Waals surface area contributed by atoms with Crippen LogP contribution in [0.25, 0.3) is 0 Å². The van der Waals surface area contributed by atoms with Crippen molar-refractivity contribution >= 4 is 11.8 Å². The molecule has 6 nitrogen and oxygen atoms in total. The molecule has 2 aromatic carbocycles. The van der Waals surface area contributed by atoms with Crippen LogP contribution in [0.1, 0.15) is 46.7 Å². The van der Waals surface area contributed by atoms with Crippen LogP contribution in [0.3, 0.4) is 0 Å². The second-order valence-electron chi connectivity index (χ2n) is 10.1. The lowest BCUT2D eigenvalue weighted by atomic mass is 9.73. The van der Waals surface area contributed by atoms with Gasteiger partial charge in [-0.05, 0) is 68.5 Å². The fourth-order valence-electron chi connectivity index (χ4n) is 5.12. The molecule has 4 rings (SSSR count). The molecule has 1 heterocycles. The van der Waals surface area contributed by atoms with Crippen molar-refractivity contribution in [2.75, 3.05) is 40.3 Å². The zero-order valence-electron chi connectivity index (χ0n) is 19.8. The lowest BCUT2D eigenvalue weighted by Gasteiger charge is -2.43. The van der Waals surface area contributed by atoms with Gasteiger partial charge >= 0.3 is 0 Å². The van der Waals surface area contributed by atoms with E-state index in [0.29, 0.717) is 24.1 Å². The number of nitrogens with one attached hydrogen (secondary N) is 1. The van der Waals surface area contributed by atoms with E-state index in [9.17, 15) is 9.59 Å². The first-order valence-corrected chi connectivity index (χ1v) is 11.9. The molecule has 3 N–H and O–H groups in total. The predicted molar refractivity (Wildman–Crippen MR) is 131 cm³/mol. The number of amides is 2. The van der Waals surface area contributed by atoms with Crippen LogP contribution in [0.4, 0.5) is 0 Å². The minimum Gasteiger partial charge on any atom is -0.366 e. The third-order valence-corrected chi connectivity index (χ3v) is 7.18. The summed E-state index contributed by atoms with van der Waals surface area (Å²) in [4.78, 5) is 28.2. The van der Waals surface area contributed by atoms with Crippen molar-refractivity contribution in [2.45, 2.75) is 37.6 Å². The molecule has 2 aromatic rings. The van der Waals surface area contributed by atoms with Crippen LogP contribution in [0, 0.1) is 5.41 Å². The SMILES string of the molecule is CN(C)CC(=O)N1CCC(CN[C@@H]2C[C@H]2c2ccccc2)(Cc2cccc(C(N)=O)c2)CC1. The molecule has 2 atom stereocenters. The quantitative estimate of drug-likeness (QED) is 0.618. The highest BCUT2D eigenvalue weighted by Gasteiger charge is 2.41. The zero-order valence-corrected chi connectivity index (χ0v) is 19.8.